The van der Waals surface area contributed by atoms with Crippen molar-refractivity contribution < 1.29 is 27.7 Å². The van der Waals surface area contributed by atoms with Gasteiger partial charge in [0.1, 0.15) is 0 Å². The van der Waals surface area contributed by atoms with Crippen LogP contribution in [0.2, 0.25) is 6.04 Å². The molecule has 0 atom stereocenters. The van der Waals surface area contributed by atoms with Crippen LogP contribution in [0.15, 0.2) is 30.3 Å². The fourth-order valence-electron chi connectivity index (χ4n) is 1.56. The second-order valence-corrected chi connectivity index (χ2v) is 15.8. The average Bonchev–Trinajstić information content (AvgIpc) is 2.45. The highest BCUT2D eigenvalue weighted by Gasteiger charge is 2.49. The molecule has 0 N–H and O–H groups in total. The number of carbonyl (C=O) groups excluding carboxylic acids is 3. The van der Waals surface area contributed by atoms with Gasteiger partial charge >= 0.3 is 14.8 Å². The minimum Gasteiger partial charge on any atom is -0.455 e. The van der Waals surface area contributed by atoms with Crippen molar-refractivity contribution in [3.05, 3.63) is 30.3 Å². The minimum atomic E-state index is -3.51. The predicted molar refractivity (Wildman–Crippen MR) is 101 cm³/mol. The summed E-state index contributed by atoms with van der Waals surface area (Å²) in [5, 5.41) is 0.833. The van der Waals surface area contributed by atoms with Gasteiger partial charge in [0, 0.05) is 20.8 Å². The number of halogens is 3. The zero-order valence-electron chi connectivity index (χ0n) is 14.2. The van der Waals surface area contributed by atoms with Crippen LogP contribution < -0.4 is 5.19 Å². The largest absolute Gasteiger partial charge is 0.704 e. The quantitative estimate of drug-likeness (QED) is 0.511. The maximum Gasteiger partial charge on any atom is 0.704 e. The van der Waals surface area contributed by atoms with E-state index in [2.05, 4.69) is 0 Å². The number of hydrogen-bond donors (Lipinski definition) is 0. The van der Waals surface area contributed by atoms with Gasteiger partial charge in [-0.05, 0) is 5.19 Å². The van der Waals surface area contributed by atoms with Gasteiger partial charge in [0.05, 0.1) is 6.04 Å². The first-order valence-electron chi connectivity index (χ1n) is 7.13. The predicted octanol–water partition coefficient (Wildman–Crippen LogP) is 3.18. The van der Waals surface area contributed by atoms with Crippen LogP contribution in [0.5, 0.6) is 0 Å². The van der Waals surface area contributed by atoms with Crippen molar-refractivity contribution in [1.82, 2.24) is 0 Å². The van der Waals surface area contributed by atoms with Gasteiger partial charge < -0.3 is 13.3 Å². The average molecular weight is 446 g/mol. The van der Waals surface area contributed by atoms with Crippen molar-refractivity contribution in [2.24, 2.45) is 0 Å². The first kappa shape index (κ1) is 23.9. The van der Waals surface area contributed by atoms with Crippen molar-refractivity contribution in [3.8, 4) is 0 Å². The van der Waals surface area contributed by atoms with E-state index < -0.39 is 32.7 Å². The van der Waals surface area contributed by atoms with E-state index in [4.69, 9.17) is 46.5 Å². The molecule has 25 heavy (non-hydrogen) atoms. The maximum atomic E-state index is 10.8. The van der Waals surface area contributed by atoms with Crippen LogP contribution in [-0.2, 0) is 27.7 Å². The fourth-order valence-corrected chi connectivity index (χ4v) is 5.14. The molecular weight excluding hydrogens is 427 g/mol. The van der Waals surface area contributed by atoms with Gasteiger partial charge in [-0.15, -0.1) is 33.2 Å². The van der Waals surface area contributed by atoms with Crippen LogP contribution in [0.1, 0.15) is 27.7 Å². The maximum absolute atomic E-state index is 10.8. The van der Waals surface area contributed by atoms with Crippen molar-refractivity contribution >= 4 is 71.1 Å². The lowest BCUT2D eigenvalue weighted by molar-refractivity contribution is -0.147. The molecule has 0 bridgehead atoms. The number of hydrogen-bond acceptors (Lipinski definition) is 6. The molecule has 0 fully saturated rings. The van der Waals surface area contributed by atoms with Crippen LogP contribution in [-0.4, -0.2) is 32.7 Å². The van der Waals surface area contributed by atoms with E-state index in [-0.39, 0.29) is 6.04 Å². The van der Waals surface area contributed by atoms with Crippen LogP contribution in [0.3, 0.4) is 0 Å². The summed E-state index contributed by atoms with van der Waals surface area (Å²) < 4.78 is 14.5. The van der Waals surface area contributed by atoms with E-state index in [1.54, 1.807) is 6.92 Å². The SMILES string of the molecule is CC[Si](OC(C)=O)(OC(C)=O)OC(C)=O.Cl[Si](Cl)(Cl)c1ccccc1. The summed E-state index contributed by atoms with van der Waals surface area (Å²) in [5.41, 5.74) is 0. The van der Waals surface area contributed by atoms with Gasteiger partial charge in [0.25, 0.3) is 17.9 Å². The molecule has 0 saturated heterocycles. The molecule has 1 aromatic carbocycles. The van der Waals surface area contributed by atoms with Gasteiger partial charge in [-0.1, -0.05) is 37.3 Å². The highest BCUT2D eigenvalue weighted by molar-refractivity contribution is 7.69. The monoisotopic (exact) mass is 444 g/mol. The molecule has 1 rings (SSSR count). The summed E-state index contributed by atoms with van der Waals surface area (Å²) in [6.45, 7) is 5.08. The van der Waals surface area contributed by atoms with Gasteiger partial charge in [-0.2, -0.15) is 0 Å². The molecule has 1 aromatic rings. The van der Waals surface area contributed by atoms with E-state index in [0.717, 1.165) is 26.0 Å². The Labute approximate surface area is 162 Å². The lowest BCUT2D eigenvalue weighted by Gasteiger charge is -2.24. The highest BCUT2D eigenvalue weighted by atomic mass is 35.8. The van der Waals surface area contributed by atoms with E-state index in [1.165, 1.54) is 0 Å². The first-order chi connectivity index (χ1) is 11.4. The Bertz CT molecular complexity index is 551. The van der Waals surface area contributed by atoms with E-state index >= 15 is 0 Å². The molecule has 0 spiro atoms. The van der Waals surface area contributed by atoms with Crippen molar-refractivity contribution in [3.63, 3.8) is 0 Å². The standard InChI is InChI=1S/C8H14O6Si.C6H5Cl3Si/c1-5-15(12-6(2)9,13-7(3)10)14-8(4)11;7-10(8,9)6-4-2-1-3-5-6/h5H2,1-4H3;1-5H. The fraction of sp³-hybridized carbons (Fsp3) is 0.357. The van der Waals surface area contributed by atoms with Crippen LogP contribution >= 0.6 is 33.2 Å². The number of carbonyl (C=O) groups is 3. The molecule has 0 aromatic heterocycles. The second-order valence-electron chi connectivity index (χ2n) is 4.68. The summed E-state index contributed by atoms with van der Waals surface area (Å²) in [5.74, 6) is -1.94. The van der Waals surface area contributed by atoms with Crippen LogP contribution in [0.25, 0.3) is 0 Å². The van der Waals surface area contributed by atoms with Gasteiger partial charge in [-0.25, -0.2) is 0 Å². The van der Waals surface area contributed by atoms with E-state index in [0.29, 0.717) is 0 Å². The third-order valence-electron chi connectivity index (χ3n) is 2.43. The lowest BCUT2D eigenvalue weighted by atomic mass is 10.4. The molecule has 0 radical (unpaired) electrons. The molecule has 0 amide bonds. The molecule has 11 heteroatoms. The Kier molecular flexibility index (Phi) is 10.4. The summed E-state index contributed by atoms with van der Waals surface area (Å²) >= 11 is 17.2. The Hall–Kier alpha value is -1.07. The molecule has 140 valence electrons. The molecule has 0 aliphatic rings. The van der Waals surface area contributed by atoms with Crippen molar-refractivity contribution in [2.45, 2.75) is 33.7 Å². The second kappa shape index (κ2) is 10.8. The Morgan fingerprint density at radius 2 is 1.20 bits per heavy atom. The zero-order chi connectivity index (χ0) is 19.7. The Morgan fingerprint density at radius 1 is 0.840 bits per heavy atom. The third kappa shape index (κ3) is 10.5. The smallest absolute Gasteiger partial charge is 0.455 e. The van der Waals surface area contributed by atoms with Crippen molar-refractivity contribution in [2.75, 3.05) is 0 Å². The summed E-state index contributed by atoms with van der Waals surface area (Å²) in [6, 6.07) is 6.83. The topological polar surface area (TPSA) is 78.9 Å². The molecule has 0 unspecified atom stereocenters. The molecule has 0 saturated carbocycles. The molecular formula is C14H19Cl3O6Si2. The molecule has 0 heterocycles. The molecule has 0 aliphatic carbocycles. The van der Waals surface area contributed by atoms with E-state index in [1.807, 2.05) is 30.3 Å². The third-order valence-corrected chi connectivity index (χ3v) is 8.05. The van der Waals surface area contributed by atoms with Crippen molar-refractivity contribution in [1.29, 1.82) is 0 Å². The number of benzene rings is 1. The Morgan fingerprint density at radius 3 is 1.40 bits per heavy atom. The Balaban J connectivity index is 0.000000496. The molecule has 6 nitrogen and oxygen atoms in total. The van der Waals surface area contributed by atoms with Crippen LogP contribution in [0.4, 0.5) is 0 Å². The van der Waals surface area contributed by atoms with E-state index in [9.17, 15) is 14.4 Å². The summed E-state index contributed by atoms with van der Waals surface area (Å²) in [6.07, 6.45) is 0. The highest BCUT2D eigenvalue weighted by Crippen LogP contribution is 2.18. The van der Waals surface area contributed by atoms with Gasteiger partial charge in [0.15, 0.2) is 0 Å². The first-order valence-corrected chi connectivity index (χ1v) is 14.1. The van der Waals surface area contributed by atoms with Gasteiger partial charge in [0.2, 0.25) is 0 Å². The van der Waals surface area contributed by atoms with Crippen LogP contribution in [0, 0.1) is 0 Å². The number of rotatable bonds is 5. The van der Waals surface area contributed by atoms with Gasteiger partial charge in [-0.3, -0.25) is 14.4 Å². The lowest BCUT2D eigenvalue weighted by Crippen LogP contribution is -2.48. The summed E-state index contributed by atoms with van der Waals surface area (Å²) in [4.78, 5) is 32.4. The molecule has 0 aliphatic heterocycles. The summed E-state index contributed by atoms with van der Waals surface area (Å²) in [7, 11) is -3.51. The minimum absolute atomic E-state index is 0.158. The zero-order valence-corrected chi connectivity index (χ0v) is 18.4. The normalized spacial score (nSPS) is 10.8.